The Balaban J connectivity index is 2.23. The largest absolute Gasteiger partial charge is 0.481 e. The van der Waals surface area contributed by atoms with Gasteiger partial charge in [-0.3, -0.25) is 4.79 Å². The smallest absolute Gasteiger partial charge is 0.307 e. The molecular formula is C13H16N2O4S3. The molecule has 120 valence electrons. The number of hydrogen-bond donors (Lipinski definition) is 1. The van der Waals surface area contributed by atoms with Crippen LogP contribution >= 0.6 is 22.7 Å². The van der Waals surface area contributed by atoms with E-state index < -0.39 is 21.9 Å². The summed E-state index contributed by atoms with van der Waals surface area (Å²) < 4.78 is 26.2. The third-order valence-electron chi connectivity index (χ3n) is 3.07. The van der Waals surface area contributed by atoms with E-state index in [0.717, 1.165) is 31.2 Å². The van der Waals surface area contributed by atoms with Crippen LogP contribution in [0, 0.1) is 12.8 Å². The number of hydrogen-bond acceptors (Lipinski definition) is 6. The van der Waals surface area contributed by atoms with Gasteiger partial charge in [0.1, 0.15) is 4.21 Å². The highest BCUT2D eigenvalue weighted by Gasteiger charge is 2.26. The molecule has 0 saturated carbocycles. The molecule has 0 aliphatic carbocycles. The lowest BCUT2D eigenvalue weighted by Gasteiger charge is -2.18. The molecule has 2 aromatic heterocycles. The molecule has 0 saturated heterocycles. The van der Waals surface area contributed by atoms with Gasteiger partial charge in [0.2, 0.25) is 0 Å². The number of carbonyl (C=O) groups is 1. The summed E-state index contributed by atoms with van der Waals surface area (Å²) in [5.74, 6) is -1.78. The number of rotatable bonds is 6. The number of sulfonamides is 1. The number of aryl methyl sites for hydroxylation is 1. The molecule has 0 fully saturated rings. The van der Waals surface area contributed by atoms with E-state index in [-0.39, 0.29) is 10.8 Å². The number of carboxylic acid groups (broad SMARTS) is 1. The van der Waals surface area contributed by atoms with Gasteiger partial charge >= 0.3 is 5.97 Å². The van der Waals surface area contributed by atoms with Crippen LogP contribution in [-0.2, 0) is 14.8 Å². The van der Waals surface area contributed by atoms with E-state index >= 15 is 0 Å². The first-order valence-corrected chi connectivity index (χ1v) is 9.57. The molecule has 0 aliphatic rings. The van der Waals surface area contributed by atoms with Gasteiger partial charge in [0.05, 0.1) is 21.5 Å². The fourth-order valence-electron chi connectivity index (χ4n) is 1.79. The van der Waals surface area contributed by atoms with Gasteiger partial charge in [0.15, 0.2) is 0 Å². The highest BCUT2D eigenvalue weighted by atomic mass is 32.2. The molecule has 2 rings (SSSR count). The minimum Gasteiger partial charge on any atom is -0.481 e. The predicted molar refractivity (Wildman–Crippen MR) is 86.8 cm³/mol. The molecular weight excluding hydrogens is 344 g/mol. The van der Waals surface area contributed by atoms with E-state index in [9.17, 15) is 13.2 Å². The molecule has 6 nitrogen and oxygen atoms in total. The molecule has 0 aromatic carbocycles. The Bertz CT molecular complexity index is 779. The molecule has 22 heavy (non-hydrogen) atoms. The van der Waals surface area contributed by atoms with Crippen molar-refractivity contribution in [1.29, 1.82) is 0 Å². The highest BCUT2D eigenvalue weighted by Crippen LogP contribution is 2.32. The zero-order valence-electron chi connectivity index (χ0n) is 12.3. The van der Waals surface area contributed by atoms with Crippen LogP contribution in [0.4, 0.5) is 0 Å². The number of thiophene rings is 1. The van der Waals surface area contributed by atoms with E-state index in [1.165, 1.54) is 31.4 Å². The Morgan fingerprint density at radius 2 is 2.14 bits per heavy atom. The summed E-state index contributed by atoms with van der Waals surface area (Å²) in [5, 5.41) is 11.7. The first kappa shape index (κ1) is 17.1. The van der Waals surface area contributed by atoms with Gasteiger partial charge in [0.25, 0.3) is 10.0 Å². The van der Waals surface area contributed by atoms with Crippen molar-refractivity contribution >= 4 is 38.7 Å². The van der Waals surface area contributed by atoms with Crippen LogP contribution in [0.1, 0.15) is 11.9 Å². The standard InChI is InChI=1S/C13H16N2O4S3/c1-8(13(16)17)6-15(3)22(18,19)12-5-4-11(21-12)10-7-20-9(2)14-10/h4-5,7-8H,6H2,1-3H3,(H,16,17). The number of carboxylic acids is 1. The summed E-state index contributed by atoms with van der Waals surface area (Å²) in [7, 11) is -2.29. The first-order valence-electron chi connectivity index (χ1n) is 6.43. The summed E-state index contributed by atoms with van der Waals surface area (Å²) in [6, 6.07) is 3.26. The van der Waals surface area contributed by atoms with Gasteiger partial charge in [-0.2, -0.15) is 4.31 Å². The van der Waals surface area contributed by atoms with Gasteiger partial charge < -0.3 is 5.11 Å². The Kier molecular flexibility index (Phi) is 5.00. The van der Waals surface area contributed by atoms with Gasteiger partial charge in [-0.05, 0) is 19.1 Å². The first-order chi connectivity index (χ1) is 10.2. The van der Waals surface area contributed by atoms with Crippen LogP contribution in [0.3, 0.4) is 0 Å². The zero-order chi connectivity index (χ0) is 16.5. The SMILES string of the molecule is Cc1nc(-c2ccc(S(=O)(=O)N(C)CC(C)C(=O)O)s2)cs1. The highest BCUT2D eigenvalue weighted by molar-refractivity contribution is 7.91. The maximum Gasteiger partial charge on any atom is 0.307 e. The second-order valence-electron chi connectivity index (χ2n) is 4.90. The molecule has 9 heteroatoms. The van der Waals surface area contributed by atoms with Crippen molar-refractivity contribution in [2.45, 2.75) is 18.1 Å². The Labute approximate surface area is 137 Å². The van der Waals surface area contributed by atoms with E-state index in [4.69, 9.17) is 5.11 Å². The third-order valence-corrected chi connectivity index (χ3v) is 7.24. The summed E-state index contributed by atoms with van der Waals surface area (Å²) >= 11 is 2.64. The van der Waals surface area contributed by atoms with Gasteiger partial charge in [-0.1, -0.05) is 6.92 Å². The lowest BCUT2D eigenvalue weighted by atomic mass is 10.2. The lowest BCUT2D eigenvalue weighted by molar-refractivity contribution is -0.141. The lowest BCUT2D eigenvalue weighted by Crippen LogP contribution is -2.33. The average Bonchev–Trinajstić information content (AvgIpc) is 3.06. The Morgan fingerprint density at radius 1 is 1.45 bits per heavy atom. The van der Waals surface area contributed by atoms with E-state index in [1.807, 2.05) is 12.3 Å². The van der Waals surface area contributed by atoms with Crippen molar-refractivity contribution in [3.8, 4) is 10.6 Å². The molecule has 0 spiro atoms. The summed E-state index contributed by atoms with van der Waals surface area (Å²) in [5.41, 5.74) is 0.760. The molecule has 0 radical (unpaired) electrons. The average molecular weight is 360 g/mol. The van der Waals surface area contributed by atoms with Gasteiger partial charge in [-0.25, -0.2) is 13.4 Å². The third kappa shape index (κ3) is 3.54. The Morgan fingerprint density at radius 3 is 2.68 bits per heavy atom. The monoisotopic (exact) mass is 360 g/mol. The maximum absolute atomic E-state index is 12.5. The van der Waals surface area contributed by atoms with Gasteiger partial charge in [-0.15, -0.1) is 22.7 Å². The van der Waals surface area contributed by atoms with Crippen molar-refractivity contribution in [2.75, 3.05) is 13.6 Å². The summed E-state index contributed by atoms with van der Waals surface area (Å²) in [4.78, 5) is 16.0. The Hall–Kier alpha value is -1.29. The van der Waals surface area contributed by atoms with Crippen LogP contribution in [0.15, 0.2) is 21.7 Å². The molecule has 2 aromatic rings. The van der Waals surface area contributed by atoms with Crippen molar-refractivity contribution < 1.29 is 18.3 Å². The molecule has 2 heterocycles. The maximum atomic E-state index is 12.5. The molecule has 0 bridgehead atoms. The summed E-state index contributed by atoms with van der Waals surface area (Å²) in [6.45, 7) is 3.30. The van der Waals surface area contributed by atoms with E-state index in [2.05, 4.69) is 4.98 Å². The molecule has 1 N–H and O–H groups in total. The second kappa shape index (κ2) is 6.45. The number of nitrogens with zero attached hydrogens (tertiary/aromatic N) is 2. The molecule has 1 atom stereocenters. The molecule has 1 unspecified atom stereocenters. The van der Waals surface area contributed by atoms with Crippen molar-refractivity contribution in [1.82, 2.24) is 9.29 Å². The number of aromatic nitrogens is 1. The van der Waals surface area contributed by atoms with Crippen LogP contribution < -0.4 is 0 Å². The minimum atomic E-state index is -3.68. The minimum absolute atomic E-state index is 0.0687. The van der Waals surface area contributed by atoms with Crippen LogP contribution in [-0.4, -0.2) is 42.4 Å². The van der Waals surface area contributed by atoms with Gasteiger partial charge in [0, 0.05) is 19.0 Å². The van der Waals surface area contributed by atoms with Crippen LogP contribution in [0.2, 0.25) is 0 Å². The van der Waals surface area contributed by atoms with E-state index in [0.29, 0.717) is 0 Å². The quantitative estimate of drug-likeness (QED) is 0.855. The van der Waals surface area contributed by atoms with Crippen molar-refractivity contribution in [3.05, 3.63) is 22.5 Å². The van der Waals surface area contributed by atoms with Crippen LogP contribution in [0.5, 0.6) is 0 Å². The van der Waals surface area contributed by atoms with Crippen molar-refractivity contribution in [3.63, 3.8) is 0 Å². The zero-order valence-corrected chi connectivity index (χ0v) is 14.8. The fraction of sp³-hybridized carbons (Fsp3) is 0.385. The molecule has 0 aliphatic heterocycles. The van der Waals surface area contributed by atoms with E-state index in [1.54, 1.807) is 6.07 Å². The summed E-state index contributed by atoms with van der Waals surface area (Å²) in [6.07, 6.45) is 0. The fourth-order valence-corrected chi connectivity index (χ4v) is 5.21. The normalized spacial score (nSPS) is 13.5. The molecule has 0 amide bonds. The number of thiazole rings is 1. The second-order valence-corrected chi connectivity index (χ2v) is 9.31. The number of aliphatic carboxylic acids is 1. The van der Waals surface area contributed by atoms with Crippen LogP contribution in [0.25, 0.3) is 10.6 Å². The predicted octanol–water partition coefficient (Wildman–Crippen LogP) is 2.52. The topological polar surface area (TPSA) is 87.6 Å². The van der Waals surface area contributed by atoms with Crippen molar-refractivity contribution in [2.24, 2.45) is 5.92 Å².